The van der Waals surface area contributed by atoms with Crippen LogP contribution in [-0.2, 0) is 19.4 Å². The third kappa shape index (κ3) is 19.9. The lowest BCUT2D eigenvalue weighted by Crippen LogP contribution is -2.45. The zero-order valence-electron chi connectivity index (χ0n) is 21.8. The van der Waals surface area contributed by atoms with Crippen LogP contribution in [0.4, 0.5) is 0 Å². The molecule has 0 saturated heterocycles. The average Bonchev–Trinajstić information content (AvgIpc) is 2.65. The second-order valence-electron chi connectivity index (χ2n) is 9.99. The van der Waals surface area contributed by atoms with E-state index in [4.69, 9.17) is 8.74 Å². The van der Waals surface area contributed by atoms with E-state index in [1.807, 2.05) is 20.8 Å². The molecule has 0 aromatic carbocycles. The number of nitrogens with zero attached hydrogens (tertiary/aromatic N) is 1. The van der Waals surface area contributed by atoms with E-state index in [0.29, 0.717) is 17.3 Å². The number of rotatable bonds is 18. The SMILES string of the molecule is CCCCCCCCCCCCC(CC)(OS(=O)(=O)O)C(C)CC.C[N+](C)(C)CC(=O)[O-]. The second-order valence-corrected chi connectivity index (χ2v) is 11.0. The van der Waals surface area contributed by atoms with Crippen molar-refractivity contribution in [3.05, 3.63) is 0 Å². The lowest BCUT2D eigenvalue weighted by atomic mass is 9.80. The minimum absolute atomic E-state index is 0.0694. The minimum Gasteiger partial charge on any atom is -0.544 e. The van der Waals surface area contributed by atoms with Crippen molar-refractivity contribution in [1.82, 2.24) is 0 Å². The Morgan fingerprint density at radius 1 is 0.938 bits per heavy atom. The van der Waals surface area contributed by atoms with Crippen molar-refractivity contribution >= 4 is 16.4 Å². The predicted molar refractivity (Wildman–Crippen MR) is 129 cm³/mol. The Hall–Kier alpha value is -0.700. The van der Waals surface area contributed by atoms with Crippen LogP contribution in [0.1, 0.15) is 111 Å². The number of hydrogen-bond donors (Lipinski definition) is 1. The highest BCUT2D eigenvalue weighted by molar-refractivity contribution is 7.80. The van der Waals surface area contributed by atoms with Crippen molar-refractivity contribution in [1.29, 1.82) is 0 Å². The van der Waals surface area contributed by atoms with Gasteiger partial charge in [-0.2, -0.15) is 8.42 Å². The molecule has 0 spiro atoms. The van der Waals surface area contributed by atoms with Crippen LogP contribution in [0.3, 0.4) is 0 Å². The number of quaternary nitrogens is 1. The van der Waals surface area contributed by atoms with Gasteiger partial charge in [0.25, 0.3) is 0 Å². The van der Waals surface area contributed by atoms with Crippen LogP contribution in [0.15, 0.2) is 0 Å². The average molecular weight is 482 g/mol. The van der Waals surface area contributed by atoms with E-state index in [9.17, 15) is 18.3 Å². The first-order valence-corrected chi connectivity index (χ1v) is 13.8. The minimum atomic E-state index is -4.41. The van der Waals surface area contributed by atoms with E-state index in [1.54, 1.807) is 21.1 Å². The quantitative estimate of drug-likeness (QED) is 0.172. The first-order valence-electron chi connectivity index (χ1n) is 12.4. The summed E-state index contributed by atoms with van der Waals surface area (Å²) in [6, 6.07) is 0. The fraction of sp³-hybridized carbons (Fsp3) is 0.958. The first kappa shape index (κ1) is 33.5. The van der Waals surface area contributed by atoms with E-state index in [0.717, 1.165) is 19.3 Å². The summed E-state index contributed by atoms with van der Waals surface area (Å²) in [5.41, 5.74) is -0.761. The third-order valence-corrected chi connectivity index (χ3v) is 6.48. The van der Waals surface area contributed by atoms with E-state index in [1.165, 1.54) is 51.4 Å². The number of likely N-dealkylation sites (N-methyl/N-ethyl adjacent to an activating group) is 1. The summed E-state index contributed by atoms with van der Waals surface area (Å²) in [6.07, 6.45) is 14.6. The summed E-state index contributed by atoms with van der Waals surface area (Å²) < 4.78 is 37.2. The molecule has 2 unspecified atom stereocenters. The number of carboxylic acid groups (broad SMARTS) is 1. The highest BCUT2D eigenvalue weighted by Gasteiger charge is 2.38. The van der Waals surface area contributed by atoms with E-state index < -0.39 is 22.0 Å². The highest BCUT2D eigenvalue weighted by atomic mass is 32.3. The van der Waals surface area contributed by atoms with Gasteiger partial charge >= 0.3 is 10.4 Å². The third-order valence-electron chi connectivity index (χ3n) is 5.94. The Bertz CT molecular complexity index is 574. The van der Waals surface area contributed by atoms with Gasteiger partial charge in [-0.1, -0.05) is 98.3 Å². The summed E-state index contributed by atoms with van der Waals surface area (Å²) in [4.78, 5) is 9.89. The summed E-state index contributed by atoms with van der Waals surface area (Å²) >= 11 is 0. The number of unbranched alkanes of at least 4 members (excludes halogenated alkanes) is 9. The molecule has 0 rings (SSSR count). The van der Waals surface area contributed by atoms with Crippen LogP contribution in [-0.4, -0.2) is 56.7 Å². The number of carbonyl (C=O) groups excluding carboxylic acids is 1. The van der Waals surface area contributed by atoms with Crippen molar-refractivity contribution in [3.63, 3.8) is 0 Å². The number of carbonyl (C=O) groups is 1. The van der Waals surface area contributed by atoms with Gasteiger partial charge in [0.05, 0.1) is 32.7 Å². The second kappa shape index (κ2) is 17.7. The molecule has 0 aliphatic rings. The van der Waals surface area contributed by atoms with Crippen LogP contribution >= 0.6 is 0 Å². The Morgan fingerprint density at radius 3 is 1.66 bits per heavy atom. The van der Waals surface area contributed by atoms with Gasteiger partial charge in [0.15, 0.2) is 0 Å². The molecular weight excluding hydrogens is 430 g/mol. The Kier molecular flexibility index (Phi) is 18.5. The Morgan fingerprint density at radius 2 is 1.38 bits per heavy atom. The normalized spacial score (nSPS) is 14.9. The van der Waals surface area contributed by atoms with Crippen molar-refractivity contribution in [2.75, 3.05) is 27.7 Å². The maximum Gasteiger partial charge on any atom is 0.397 e. The van der Waals surface area contributed by atoms with Gasteiger partial charge in [0, 0.05) is 0 Å². The van der Waals surface area contributed by atoms with Gasteiger partial charge in [-0.25, -0.2) is 4.18 Å². The van der Waals surface area contributed by atoms with Gasteiger partial charge in [-0.3, -0.25) is 4.55 Å². The van der Waals surface area contributed by atoms with Gasteiger partial charge < -0.3 is 14.4 Å². The summed E-state index contributed by atoms with van der Waals surface area (Å²) in [5, 5.41) is 9.89. The fourth-order valence-electron chi connectivity index (χ4n) is 3.84. The lowest BCUT2D eigenvalue weighted by Gasteiger charge is -2.36. The molecule has 0 saturated carbocycles. The molecule has 0 heterocycles. The van der Waals surface area contributed by atoms with E-state index >= 15 is 0 Å². The van der Waals surface area contributed by atoms with Crippen molar-refractivity contribution < 1.29 is 31.5 Å². The monoisotopic (exact) mass is 481 g/mol. The number of aliphatic carboxylic acids is 1. The maximum atomic E-state index is 11.2. The topological polar surface area (TPSA) is 104 Å². The van der Waals surface area contributed by atoms with Gasteiger partial charge in [-0.05, 0) is 18.8 Å². The zero-order valence-corrected chi connectivity index (χ0v) is 22.6. The fourth-order valence-corrected chi connectivity index (χ4v) is 4.62. The molecule has 0 aromatic heterocycles. The Labute approximate surface area is 198 Å². The highest BCUT2D eigenvalue weighted by Crippen LogP contribution is 2.35. The molecule has 0 bridgehead atoms. The molecule has 32 heavy (non-hydrogen) atoms. The summed E-state index contributed by atoms with van der Waals surface area (Å²) in [6.45, 7) is 8.28. The molecule has 0 amide bonds. The zero-order chi connectivity index (χ0) is 25.3. The summed E-state index contributed by atoms with van der Waals surface area (Å²) in [7, 11) is 0.993. The number of carboxylic acids is 1. The molecule has 8 heteroatoms. The molecule has 1 N–H and O–H groups in total. The number of hydrogen-bond acceptors (Lipinski definition) is 5. The van der Waals surface area contributed by atoms with E-state index in [2.05, 4.69) is 6.92 Å². The molecule has 0 aliphatic heterocycles. The van der Waals surface area contributed by atoms with Crippen molar-refractivity contribution in [3.8, 4) is 0 Å². The molecule has 0 fully saturated rings. The van der Waals surface area contributed by atoms with Crippen LogP contribution in [0, 0.1) is 5.92 Å². The van der Waals surface area contributed by atoms with E-state index in [-0.39, 0.29) is 12.5 Å². The molecule has 0 radical (unpaired) electrons. The Balaban J connectivity index is 0. The van der Waals surface area contributed by atoms with Crippen LogP contribution in [0.5, 0.6) is 0 Å². The van der Waals surface area contributed by atoms with Crippen LogP contribution in [0.2, 0.25) is 0 Å². The molecular formula is C24H51NO6S. The van der Waals surface area contributed by atoms with Crippen LogP contribution in [0.25, 0.3) is 0 Å². The molecule has 0 aromatic rings. The predicted octanol–water partition coefficient (Wildman–Crippen LogP) is 4.75. The molecule has 0 aliphatic carbocycles. The van der Waals surface area contributed by atoms with Gasteiger partial charge in [-0.15, -0.1) is 0 Å². The molecule has 7 nitrogen and oxygen atoms in total. The van der Waals surface area contributed by atoms with Crippen molar-refractivity contribution in [2.24, 2.45) is 5.92 Å². The summed E-state index contributed by atoms with van der Waals surface area (Å²) in [5.74, 6) is -0.902. The molecule has 194 valence electrons. The van der Waals surface area contributed by atoms with Gasteiger partial charge in [0.1, 0.15) is 6.54 Å². The smallest absolute Gasteiger partial charge is 0.397 e. The maximum absolute atomic E-state index is 11.2. The van der Waals surface area contributed by atoms with Crippen LogP contribution < -0.4 is 5.11 Å². The van der Waals surface area contributed by atoms with Crippen molar-refractivity contribution in [2.45, 2.75) is 117 Å². The van der Waals surface area contributed by atoms with Gasteiger partial charge in [0.2, 0.25) is 0 Å². The largest absolute Gasteiger partial charge is 0.544 e. The first-order chi connectivity index (χ1) is 14.7. The lowest BCUT2D eigenvalue weighted by molar-refractivity contribution is -0.864. The molecule has 2 atom stereocenters. The standard InChI is InChI=1S/C19H40O4S.C5H11NO2/c1-5-8-9-10-11-12-13-14-15-16-17-19(7-3,18(4)6-2)23-24(20,21)22;1-6(2,3)4-5(7)8/h18H,5-17H2,1-4H3,(H,20,21,22);4H2,1-3H3.